The SMILES string of the molecule is CC(=O)O[C@@](CCC(C)(C)C)([SiH](C)C)C(C)(C)C#N. The minimum Gasteiger partial charge on any atom is -0.462 e. The van der Waals surface area contributed by atoms with Crippen molar-refractivity contribution in [2.45, 2.75) is 72.7 Å². The van der Waals surface area contributed by atoms with E-state index >= 15 is 0 Å². The first-order valence-electron chi connectivity index (χ1n) is 6.99. The number of ether oxygens (including phenoxy) is 1. The van der Waals surface area contributed by atoms with Gasteiger partial charge < -0.3 is 4.74 Å². The van der Waals surface area contributed by atoms with Crippen LogP contribution in [-0.2, 0) is 9.53 Å². The topological polar surface area (TPSA) is 50.1 Å². The van der Waals surface area contributed by atoms with E-state index in [1.165, 1.54) is 6.92 Å². The normalized spacial score (nSPS) is 15.8. The first kappa shape index (κ1) is 18.2. The lowest BCUT2D eigenvalue weighted by molar-refractivity contribution is -0.157. The molecule has 0 aliphatic carbocycles. The highest BCUT2D eigenvalue weighted by Crippen LogP contribution is 2.42. The molecule has 0 unspecified atom stereocenters. The van der Waals surface area contributed by atoms with Crippen LogP contribution in [0.5, 0.6) is 0 Å². The van der Waals surface area contributed by atoms with E-state index in [0.29, 0.717) is 0 Å². The van der Waals surface area contributed by atoms with Crippen molar-refractivity contribution in [3.8, 4) is 6.07 Å². The summed E-state index contributed by atoms with van der Waals surface area (Å²) in [6.07, 6.45) is 1.71. The Morgan fingerprint density at radius 2 is 1.63 bits per heavy atom. The molecule has 0 amide bonds. The van der Waals surface area contributed by atoms with Gasteiger partial charge in [0, 0.05) is 6.92 Å². The summed E-state index contributed by atoms with van der Waals surface area (Å²) in [5, 5.41) is 8.91. The van der Waals surface area contributed by atoms with Crippen molar-refractivity contribution in [3.05, 3.63) is 0 Å². The zero-order valence-electron chi connectivity index (χ0n) is 13.8. The molecular formula is C15H29NO2Si. The fraction of sp³-hybridized carbons (Fsp3) is 0.867. The molecule has 0 rings (SSSR count). The second kappa shape index (κ2) is 6.09. The summed E-state index contributed by atoms with van der Waals surface area (Å²) in [6, 6.07) is 2.36. The van der Waals surface area contributed by atoms with Gasteiger partial charge >= 0.3 is 5.97 Å². The fourth-order valence-electron chi connectivity index (χ4n) is 2.53. The van der Waals surface area contributed by atoms with Crippen molar-refractivity contribution >= 4 is 14.8 Å². The number of rotatable bonds is 5. The van der Waals surface area contributed by atoms with Gasteiger partial charge in [0.25, 0.3) is 0 Å². The lowest BCUT2D eigenvalue weighted by Crippen LogP contribution is -2.56. The molecule has 0 spiro atoms. The highest BCUT2D eigenvalue weighted by Gasteiger charge is 2.51. The Labute approximate surface area is 119 Å². The number of hydrogen-bond acceptors (Lipinski definition) is 3. The largest absolute Gasteiger partial charge is 0.462 e. The fourth-order valence-corrected chi connectivity index (χ4v) is 5.16. The first-order chi connectivity index (χ1) is 8.38. The molecule has 4 heteroatoms. The molecule has 1 atom stereocenters. The second-order valence-corrected chi connectivity index (χ2v) is 10.7. The third-order valence-electron chi connectivity index (χ3n) is 3.84. The van der Waals surface area contributed by atoms with Crippen LogP contribution in [-0.4, -0.2) is 20.0 Å². The Bertz CT molecular complexity index is 363. The average molecular weight is 283 g/mol. The highest BCUT2D eigenvalue weighted by molar-refractivity contribution is 6.59. The van der Waals surface area contributed by atoms with Gasteiger partial charge in [0.05, 0.1) is 20.3 Å². The van der Waals surface area contributed by atoms with Crippen molar-refractivity contribution in [1.29, 1.82) is 5.26 Å². The van der Waals surface area contributed by atoms with Crippen molar-refractivity contribution < 1.29 is 9.53 Å². The molecule has 0 aliphatic heterocycles. The van der Waals surface area contributed by atoms with Gasteiger partial charge in [0.15, 0.2) is 0 Å². The van der Waals surface area contributed by atoms with Crippen molar-refractivity contribution in [1.82, 2.24) is 0 Å². The summed E-state index contributed by atoms with van der Waals surface area (Å²) in [4.78, 5) is 11.5. The number of carbonyl (C=O) groups excluding carboxylic acids is 1. The summed E-state index contributed by atoms with van der Waals surface area (Å²) < 4.78 is 5.75. The van der Waals surface area contributed by atoms with E-state index in [1.54, 1.807) is 0 Å². The van der Waals surface area contributed by atoms with Crippen LogP contribution in [0.4, 0.5) is 0 Å². The molecule has 19 heavy (non-hydrogen) atoms. The van der Waals surface area contributed by atoms with Crippen LogP contribution in [0.25, 0.3) is 0 Å². The molecular weight excluding hydrogens is 254 g/mol. The smallest absolute Gasteiger partial charge is 0.302 e. The van der Waals surface area contributed by atoms with Crippen LogP contribution in [0, 0.1) is 22.2 Å². The quantitative estimate of drug-likeness (QED) is 0.571. The van der Waals surface area contributed by atoms with E-state index < -0.39 is 19.4 Å². The summed E-state index contributed by atoms with van der Waals surface area (Å²) >= 11 is 0. The first-order valence-corrected chi connectivity index (χ1v) is 9.87. The monoisotopic (exact) mass is 283 g/mol. The summed E-state index contributed by atoms with van der Waals surface area (Å²) in [7, 11) is -1.38. The van der Waals surface area contributed by atoms with Crippen molar-refractivity contribution in [2.75, 3.05) is 0 Å². The minimum atomic E-state index is -1.38. The second-order valence-electron chi connectivity index (χ2n) is 7.44. The maximum atomic E-state index is 11.5. The molecule has 0 aromatic carbocycles. The Balaban J connectivity index is 5.54. The molecule has 0 heterocycles. The third-order valence-corrected chi connectivity index (χ3v) is 6.84. The third kappa shape index (κ3) is 4.65. The average Bonchev–Trinajstić information content (AvgIpc) is 2.21. The molecule has 0 aromatic heterocycles. The predicted molar refractivity (Wildman–Crippen MR) is 81.5 cm³/mol. The van der Waals surface area contributed by atoms with Gasteiger partial charge in [-0.1, -0.05) is 33.9 Å². The van der Waals surface area contributed by atoms with Gasteiger partial charge in [-0.3, -0.25) is 4.79 Å². The van der Waals surface area contributed by atoms with E-state index in [2.05, 4.69) is 39.9 Å². The summed E-state index contributed by atoms with van der Waals surface area (Å²) in [5.41, 5.74) is -0.482. The van der Waals surface area contributed by atoms with Crippen LogP contribution < -0.4 is 0 Å². The Hall–Kier alpha value is -0.823. The Morgan fingerprint density at radius 1 is 1.16 bits per heavy atom. The van der Waals surface area contributed by atoms with Gasteiger partial charge in [0.1, 0.15) is 5.22 Å². The molecule has 0 saturated carbocycles. The van der Waals surface area contributed by atoms with Crippen LogP contribution in [0.15, 0.2) is 0 Å². The maximum Gasteiger partial charge on any atom is 0.302 e. The Kier molecular flexibility index (Phi) is 5.82. The number of carbonyl (C=O) groups is 1. The molecule has 110 valence electrons. The highest BCUT2D eigenvalue weighted by atomic mass is 28.3. The number of hydrogen-bond donors (Lipinski definition) is 0. The van der Waals surface area contributed by atoms with E-state index in [9.17, 15) is 10.1 Å². The van der Waals surface area contributed by atoms with E-state index in [0.717, 1.165) is 12.8 Å². The van der Waals surface area contributed by atoms with E-state index in [1.807, 2.05) is 13.8 Å². The lowest BCUT2D eigenvalue weighted by atomic mass is 9.80. The maximum absolute atomic E-state index is 11.5. The Morgan fingerprint density at radius 3 is 1.89 bits per heavy atom. The molecule has 0 radical (unpaired) electrons. The standard InChI is InChI=1S/C15H29NO2Si/c1-12(17)18-15(19(7)8,14(5,6)11-16)10-9-13(2,3)4/h19H,9-10H2,1-8H3/t15-/m0/s1. The molecule has 0 aromatic rings. The molecule has 0 fully saturated rings. The molecule has 0 saturated heterocycles. The van der Waals surface area contributed by atoms with E-state index in [4.69, 9.17) is 4.74 Å². The van der Waals surface area contributed by atoms with Gasteiger partial charge in [-0.05, 0) is 32.1 Å². The molecule has 0 aliphatic rings. The van der Waals surface area contributed by atoms with Gasteiger partial charge in [0.2, 0.25) is 0 Å². The van der Waals surface area contributed by atoms with Crippen LogP contribution >= 0.6 is 0 Å². The lowest BCUT2D eigenvalue weighted by Gasteiger charge is -2.45. The van der Waals surface area contributed by atoms with E-state index in [-0.39, 0.29) is 11.4 Å². The van der Waals surface area contributed by atoms with Gasteiger partial charge in [-0.25, -0.2) is 0 Å². The summed E-state index contributed by atoms with van der Waals surface area (Å²) in [5.74, 6) is -0.279. The molecule has 0 bridgehead atoms. The predicted octanol–water partition coefficient (Wildman–Crippen LogP) is 3.69. The number of nitriles is 1. The summed E-state index contributed by atoms with van der Waals surface area (Å²) in [6.45, 7) is 16.1. The van der Waals surface area contributed by atoms with Gasteiger partial charge in [-0.15, -0.1) is 0 Å². The van der Waals surface area contributed by atoms with Crippen molar-refractivity contribution in [3.63, 3.8) is 0 Å². The zero-order chi connectivity index (χ0) is 15.5. The number of esters is 1. The number of nitrogens with zero attached hydrogens (tertiary/aromatic N) is 1. The van der Waals surface area contributed by atoms with Crippen LogP contribution in [0.3, 0.4) is 0 Å². The molecule has 0 N–H and O–H groups in total. The minimum absolute atomic E-state index is 0.167. The molecule has 3 nitrogen and oxygen atoms in total. The zero-order valence-corrected chi connectivity index (χ0v) is 14.9. The van der Waals surface area contributed by atoms with Gasteiger partial charge in [-0.2, -0.15) is 5.26 Å². The van der Waals surface area contributed by atoms with Crippen LogP contribution in [0.2, 0.25) is 13.1 Å². The van der Waals surface area contributed by atoms with Crippen LogP contribution in [0.1, 0.15) is 54.4 Å². The van der Waals surface area contributed by atoms with Crippen molar-refractivity contribution in [2.24, 2.45) is 10.8 Å².